The number of para-hydroxylation sites is 2. The van der Waals surface area contributed by atoms with Gasteiger partial charge in [-0.3, -0.25) is 19.2 Å². The van der Waals surface area contributed by atoms with E-state index in [0.29, 0.717) is 11.4 Å². The van der Waals surface area contributed by atoms with Gasteiger partial charge in [-0.2, -0.15) is 0 Å². The van der Waals surface area contributed by atoms with E-state index in [-0.39, 0.29) is 23.6 Å². The summed E-state index contributed by atoms with van der Waals surface area (Å²) < 4.78 is 0. The Bertz CT molecular complexity index is 1590. The first-order valence-corrected chi connectivity index (χ1v) is 14.1. The van der Waals surface area contributed by atoms with Gasteiger partial charge in [0.05, 0.1) is 35.3 Å². The van der Waals surface area contributed by atoms with Crippen molar-refractivity contribution >= 4 is 35.0 Å². The summed E-state index contributed by atoms with van der Waals surface area (Å²) in [4.78, 5) is 59.7. The van der Waals surface area contributed by atoms with Crippen LogP contribution in [0.3, 0.4) is 0 Å². The SMILES string of the molecule is O=C1[C@@H]2[C@@H](C(=O)N1c1ccccc1)N1[C@@H](c3ccccc3)[C@@H]3C(=O)N(c4ccccc4)C(=O)[C@@H]3N1[C@@H]2c1ccccc1. The molecule has 4 aliphatic rings. The molecule has 0 spiro atoms. The van der Waals surface area contributed by atoms with Gasteiger partial charge in [-0.15, -0.1) is 0 Å². The third kappa shape index (κ3) is 3.30. The number of anilines is 2. The molecule has 0 N–H and O–H groups in total. The lowest BCUT2D eigenvalue weighted by Crippen LogP contribution is -2.50. The minimum absolute atomic E-state index is 0.306. The summed E-state index contributed by atoms with van der Waals surface area (Å²) in [6, 6.07) is 34.0. The van der Waals surface area contributed by atoms with Crippen LogP contribution in [0.4, 0.5) is 11.4 Å². The van der Waals surface area contributed by atoms with Gasteiger partial charge in [0.1, 0.15) is 12.1 Å². The zero-order chi connectivity index (χ0) is 28.5. The lowest BCUT2D eigenvalue weighted by Gasteiger charge is -2.35. The Balaban J connectivity index is 1.33. The first-order valence-electron chi connectivity index (χ1n) is 14.1. The van der Waals surface area contributed by atoms with Gasteiger partial charge >= 0.3 is 0 Å². The molecule has 206 valence electrons. The van der Waals surface area contributed by atoms with Crippen LogP contribution in [0.1, 0.15) is 23.2 Å². The minimum Gasteiger partial charge on any atom is -0.274 e. The van der Waals surface area contributed by atoms with E-state index in [2.05, 4.69) is 0 Å². The highest BCUT2D eigenvalue weighted by molar-refractivity contribution is 6.26. The molecule has 0 saturated carbocycles. The van der Waals surface area contributed by atoms with E-state index in [4.69, 9.17) is 0 Å². The fourth-order valence-corrected chi connectivity index (χ4v) is 7.46. The topological polar surface area (TPSA) is 81.2 Å². The predicted molar refractivity (Wildman–Crippen MR) is 154 cm³/mol. The molecule has 0 aromatic heterocycles. The molecule has 6 atom stereocenters. The second-order valence-corrected chi connectivity index (χ2v) is 11.1. The molecular weight excluding hydrogens is 528 g/mol. The summed E-state index contributed by atoms with van der Waals surface area (Å²) >= 11 is 0. The van der Waals surface area contributed by atoms with Crippen molar-refractivity contribution < 1.29 is 19.2 Å². The number of benzene rings is 4. The Morgan fingerprint density at radius 2 is 0.667 bits per heavy atom. The smallest absolute Gasteiger partial charge is 0.253 e. The van der Waals surface area contributed by atoms with E-state index < -0.39 is 36.0 Å². The van der Waals surface area contributed by atoms with Gasteiger partial charge in [-0.25, -0.2) is 19.8 Å². The highest BCUT2D eigenvalue weighted by atomic mass is 16.2. The Kier molecular flexibility index (Phi) is 5.50. The van der Waals surface area contributed by atoms with Gasteiger partial charge in [0.25, 0.3) is 11.8 Å². The third-order valence-electron chi connectivity index (χ3n) is 9.04. The molecule has 42 heavy (non-hydrogen) atoms. The van der Waals surface area contributed by atoms with Crippen LogP contribution < -0.4 is 9.80 Å². The number of hydrogen-bond donors (Lipinski definition) is 0. The highest BCUT2D eigenvalue weighted by Gasteiger charge is 2.73. The lowest BCUT2D eigenvalue weighted by molar-refractivity contribution is -0.136. The van der Waals surface area contributed by atoms with Gasteiger partial charge in [0.15, 0.2) is 0 Å². The van der Waals surface area contributed by atoms with Gasteiger partial charge < -0.3 is 0 Å². The quantitative estimate of drug-likeness (QED) is 0.353. The van der Waals surface area contributed by atoms with E-state index in [0.717, 1.165) is 11.1 Å². The Morgan fingerprint density at radius 1 is 0.357 bits per heavy atom. The molecule has 0 radical (unpaired) electrons. The monoisotopic (exact) mass is 554 g/mol. The molecule has 8 rings (SSSR count). The third-order valence-corrected chi connectivity index (χ3v) is 9.04. The molecule has 0 aliphatic carbocycles. The molecule has 0 bridgehead atoms. The summed E-state index contributed by atoms with van der Waals surface area (Å²) in [5.41, 5.74) is 2.66. The molecule has 4 fully saturated rings. The van der Waals surface area contributed by atoms with Crippen molar-refractivity contribution in [1.82, 2.24) is 10.0 Å². The molecule has 4 heterocycles. The van der Waals surface area contributed by atoms with Crippen molar-refractivity contribution in [3.63, 3.8) is 0 Å². The van der Waals surface area contributed by atoms with Crippen LogP contribution in [0.25, 0.3) is 0 Å². The second-order valence-electron chi connectivity index (χ2n) is 11.1. The Hall–Kier alpha value is -4.92. The molecule has 4 aliphatic heterocycles. The number of carbonyl (C=O) groups is 4. The van der Waals surface area contributed by atoms with Crippen LogP contribution in [0.2, 0.25) is 0 Å². The fraction of sp³-hybridized carbons (Fsp3) is 0.176. The van der Waals surface area contributed by atoms with E-state index in [9.17, 15) is 19.2 Å². The predicted octanol–water partition coefficient (Wildman–Crippen LogP) is 4.13. The van der Waals surface area contributed by atoms with E-state index in [1.807, 2.05) is 82.8 Å². The van der Waals surface area contributed by atoms with Crippen molar-refractivity contribution in [3.8, 4) is 0 Å². The minimum atomic E-state index is -0.871. The average molecular weight is 555 g/mol. The van der Waals surface area contributed by atoms with Gasteiger partial charge in [0, 0.05) is 0 Å². The Labute approximate surface area is 242 Å². The molecule has 8 heteroatoms. The van der Waals surface area contributed by atoms with Crippen LogP contribution in [-0.4, -0.2) is 45.7 Å². The second kappa shape index (κ2) is 9.30. The highest BCUT2D eigenvalue weighted by Crippen LogP contribution is 2.59. The van der Waals surface area contributed by atoms with Crippen molar-refractivity contribution in [2.24, 2.45) is 11.8 Å². The van der Waals surface area contributed by atoms with Crippen LogP contribution in [-0.2, 0) is 19.2 Å². The van der Waals surface area contributed by atoms with Crippen molar-refractivity contribution in [2.75, 3.05) is 9.80 Å². The van der Waals surface area contributed by atoms with Crippen molar-refractivity contribution in [2.45, 2.75) is 24.2 Å². The number of rotatable bonds is 4. The first kappa shape index (κ1) is 24.8. The zero-order valence-corrected chi connectivity index (χ0v) is 22.4. The number of nitrogens with zero attached hydrogens (tertiary/aromatic N) is 4. The summed E-state index contributed by atoms with van der Waals surface area (Å²) in [5.74, 6) is -2.83. The first-order chi connectivity index (χ1) is 20.6. The number of fused-ring (bicyclic) bond motifs is 5. The molecular formula is C34H26N4O4. The van der Waals surface area contributed by atoms with Gasteiger partial charge in [0.2, 0.25) is 11.8 Å². The summed E-state index contributed by atoms with van der Waals surface area (Å²) in [6.07, 6.45) is 0. The summed E-state index contributed by atoms with van der Waals surface area (Å²) in [5, 5.41) is 3.79. The fourth-order valence-electron chi connectivity index (χ4n) is 7.46. The molecule has 8 nitrogen and oxygen atoms in total. The largest absolute Gasteiger partial charge is 0.274 e. The lowest BCUT2D eigenvalue weighted by atomic mass is 9.84. The van der Waals surface area contributed by atoms with E-state index in [1.54, 1.807) is 48.5 Å². The Morgan fingerprint density at radius 3 is 1.00 bits per heavy atom. The number of hydrogen-bond acceptors (Lipinski definition) is 6. The van der Waals surface area contributed by atoms with Gasteiger partial charge in [-0.05, 0) is 35.4 Å². The van der Waals surface area contributed by atoms with Crippen molar-refractivity contribution in [1.29, 1.82) is 0 Å². The number of amides is 4. The zero-order valence-electron chi connectivity index (χ0n) is 22.4. The number of carbonyl (C=O) groups excluding carboxylic acids is 4. The average Bonchev–Trinajstić information content (AvgIpc) is 3.70. The molecule has 4 aromatic carbocycles. The van der Waals surface area contributed by atoms with Crippen LogP contribution in [0, 0.1) is 11.8 Å². The maximum absolute atomic E-state index is 14.3. The summed E-state index contributed by atoms with van der Waals surface area (Å²) in [6.45, 7) is 0. The molecule has 4 amide bonds. The maximum Gasteiger partial charge on any atom is 0.253 e. The van der Waals surface area contributed by atoms with Crippen LogP contribution in [0.5, 0.6) is 0 Å². The van der Waals surface area contributed by atoms with Crippen molar-refractivity contribution in [3.05, 3.63) is 132 Å². The standard InChI is InChI=1S/C34H26N4O4/c39-31-25-27(21-13-5-1-6-14-21)37-30-26(32(40)36(34(30)42)24-19-11-4-12-20-24)28(22-15-7-2-8-16-22)38(37)29(25)33(41)35(31)23-17-9-3-10-18-23/h1-20,25-30H/t25-,26-,27-,28+,29+,30-/m0/s1. The molecule has 0 unspecified atom stereocenters. The number of hydrazine groups is 1. The van der Waals surface area contributed by atoms with Crippen LogP contribution >= 0.6 is 0 Å². The molecule has 4 saturated heterocycles. The van der Waals surface area contributed by atoms with E-state index >= 15 is 0 Å². The summed E-state index contributed by atoms with van der Waals surface area (Å²) in [7, 11) is 0. The van der Waals surface area contributed by atoms with E-state index in [1.165, 1.54) is 9.80 Å². The maximum atomic E-state index is 14.3. The van der Waals surface area contributed by atoms with Crippen LogP contribution in [0.15, 0.2) is 121 Å². The van der Waals surface area contributed by atoms with Gasteiger partial charge in [-0.1, -0.05) is 97.1 Å². The normalized spacial score (nSPS) is 28.9. The number of imide groups is 2. The molecule has 4 aromatic rings.